The molecule has 0 aliphatic rings. The van der Waals surface area contributed by atoms with E-state index in [0.29, 0.717) is 11.1 Å². The predicted octanol–water partition coefficient (Wildman–Crippen LogP) is 23.2. The highest BCUT2D eigenvalue weighted by Gasteiger charge is 2.20. The minimum absolute atomic E-state index is 0.641. The van der Waals surface area contributed by atoms with Crippen LogP contribution in [0.4, 0.5) is 0 Å². The molecule has 4 nitrogen and oxygen atoms in total. The molecular formula is C88H56N4. The Morgan fingerprint density at radius 2 is 0.478 bits per heavy atom. The molecule has 0 unspecified atom stereocenters. The van der Waals surface area contributed by atoms with Crippen LogP contribution in [0.25, 0.3) is 155 Å². The van der Waals surface area contributed by atoms with E-state index in [9.17, 15) is 10.5 Å². The number of hydrogen-bond acceptors (Lipinski definition) is 4. The molecule has 0 aliphatic carbocycles. The predicted molar refractivity (Wildman–Crippen MR) is 382 cm³/mol. The number of hydrogen-bond donors (Lipinski definition) is 0. The van der Waals surface area contributed by atoms with Crippen LogP contribution >= 0.6 is 0 Å². The summed E-state index contributed by atoms with van der Waals surface area (Å²) in [6, 6.07) is 123. The summed E-state index contributed by atoms with van der Waals surface area (Å²) in [7, 11) is 0. The minimum atomic E-state index is 0.641. The van der Waals surface area contributed by atoms with E-state index in [1.54, 1.807) is 0 Å². The topological polar surface area (TPSA) is 73.4 Å². The second kappa shape index (κ2) is 24.9. The van der Waals surface area contributed by atoms with Gasteiger partial charge in [-0.3, -0.25) is 0 Å². The van der Waals surface area contributed by atoms with Crippen molar-refractivity contribution in [2.75, 3.05) is 0 Å². The van der Waals surface area contributed by atoms with E-state index in [2.05, 4.69) is 279 Å². The summed E-state index contributed by atoms with van der Waals surface area (Å²) in [6.07, 6.45) is 0. The van der Waals surface area contributed by atoms with Gasteiger partial charge in [0.1, 0.15) is 0 Å². The molecule has 0 spiro atoms. The summed E-state index contributed by atoms with van der Waals surface area (Å²) >= 11 is 0. The van der Waals surface area contributed by atoms with Crippen LogP contribution in [0, 0.1) is 22.7 Å². The van der Waals surface area contributed by atoms with Gasteiger partial charge < -0.3 is 0 Å². The molecule has 4 heteroatoms. The van der Waals surface area contributed by atoms with Crippen LogP contribution in [0.5, 0.6) is 0 Å². The fourth-order valence-corrected chi connectivity index (χ4v) is 12.8. The van der Waals surface area contributed by atoms with Gasteiger partial charge in [0.2, 0.25) is 0 Å². The van der Waals surface area contributed by atoms with Crippen molar-refractivity contribution in [2.45, 2.75) is 0 Å². The Kier molecular flexibility index (Phi) is 15.1. The van der Waals surface area contributed by atoms with Crippen LogP contribution in [-0.4, -0.2) is 9.97 Å². The van der Waals surface area contributed by atoms with Crippen LogP contribution < -0.4 is 0 Å². The number of aromatic nitrogens is 2. The van der Waals surface area contributed by atoms with E-state index in [0.717, 1.165) is 110 Å². The monoisotopic (exact) mass is 1170 g/mol. The molecule has 2 aromatic heterocycles. The van der Waals surface area contributed by atoms with E-state index in [-0.39, 0.29) is 0 Å². The first kappa shape index (κ1) is 55.9. The Bertz CT molecular complexity index is 5440. The molecule has 0 amide bonds. The molecule has 0 atom stereocenters. The van der Waals surface area contributed by atoms with Gasteiger partial charge in [-0.25, -0.2) is 9.97 Å². The summed E-state index contributed by atoms with van der Waals surface area (Å²) in [5, 5.41) is 26.2. The summed E-state index contributed by atoms with van der Waals surface area (Å²) in [5.41, 5.74) is 25.2. The van der Waals surface area contributed by atoms with E-state index in [1.165, 1.54) is 44.5 Å². The summed E-state index contributed by atoms with van der Waals surface area (Å²) in [5.74, 6) is 0. The van der Waals surface area contributed by atoms with Crippen LogP contribution in [0.2, 0.25) is 0 Å². The molecule has 16 rings (SSSR count). The lowest BCUT2D eigenvalue weighted by atomic mass is 9.89. The van der Waals surface area contributed by atoms with Gasteiger partial charge in [-0.2, -0.15) is 10.5 Å². The molecule has 0 bridgehead atoms. The molecule has 16 aromatic rings. The van der Waals surface area contributed by atoms with Crippen molar-refractivity contribution < 1.29 is 0 Å². The van der Waals surface area contributed by atoms with Crippen molar-refractivity contribution in [1.29, 1.82) is 10.5 Å². The first-order chi connectivity index (χ1) is 45.5. The first-order valence-electron chi connectivity index (χ1n) is 30.9. The third kappa shape index (κ3) is 11.0. The fraction of sp³-hybridized carbons (Fsp3) is 0. The van der Waals surface area contributed by atoms with Crippen molar-refractivity contribution in [3.05, 3.63) is 351 Å². The molecule has 0 N–H and O–H groups in total. The maximum absolute atomic E-state index is 10.1. The van der Waals surface area contributed by atoms with E-state index < -0.39 is 0 Å². The smallest absolute Gasteiger partial charge is 0.0998 e. The standard InChI is InChI=1S/2C44H28N2/c45-29-36-15-7-8-16-37(36)41-28-43(35-25-21-33(22-26-35)31-13-5-2-6-14-31)46-44-39-18-10-9-17-38(39)40(27-42(41)44)34-23-19-32(20-24-34)30-11-3-1-4-12-30;45-29-30-15-17-35(18-16-30)41-28-43(37-25-21-34(22-26-37)32-11-5-2-6-12-32)46-44-39-14-8-7-13-38(39)40(27-42(41)44)36-23-19-33(20-24-36)31-9-3-1-4-10-31/h2*1-28H. The van der Waals surface area contributed by atoms with Gasteiger partial charge in [-0.1, -0.05) is 297 Å². The number of benzene rings is 14. The highest BCUT2D eigenvalue weighted by molar-refractivity contribution is 6.18. The Morgan fingerprint density at radius 3 is 0.859 bits per heavy atom. The average molecular weight is 1170 g/mol. The van der Waals surface area contributed by atoms with Crippen molar-refractivity contribution in [1.82, 2.24) is 9.97 Å². The summed E-state index contributed by atoms with van der Waals surface area (Å²) in [6.45, 7) is 0. The number of nitriles is 2. The molecule has 0 saturated carbocycles. The highest BCUT2D eigenvalue weighted by atomic mass is 14.7. The van der Waals surface area contributed by atoms with Crippen LogP contribution in [0.1, 0.15) is 11.1 Å². The third-order valence-electron chi connectivity index (χ3n) is 17.5. The number of nitrogens with zero attached hydrogens (tertiary/aromatic N) is 4. The first-order valence-corrected chi connectivity index (χ1v) is 30.9. The van der Waals surface area contributed by atoms with E-state index in [1.807, 2.05) is 72.8 Å². The van der Waals surface area contributed by atoms with Crippen LogP contribution in [0.15, 0.2) is 340 Å². The second-order valence-corrected chi connectivity index (χ2v) is 23.0. The van der Waals surface area contributed by atoms with Gasteiger partial charge in [0, 0.05) is 38.2 Å². The molecule has 2 heterocycles. The van der Waals surface area contributed by atoms with Crippen molar-refractivity contribution in [3.8, 4) is 124 Å². The Balaban J connectivity index is 0.000000153. The van der Waals surface area contributed by atoms with Gasteiger partial charge in [0.25, 0.3) is 0 Å². The summed E-state index contributed by atoms with van der Waals surface area (Å²) < 4.78 is 0. The minimum Gasteiger partial charge on any atom is -0.247 e. The zero-order chi connectivity index (χ0) is 61.7. The second-order valence-electron chi connectivity index (χ2n) is 23.0. The Hall–Kier alpha value is -12.6. The third-order valence-corrected chi connectivity index (χ3v) is 17.5. The van der Waals surface area contributed by atoms with Crippen molar-refractivity contribution >= 4 is 43.4 Å². The normalized spacial score (nSPS) is 11.0. The van der Waals surface area contributed by atoms with Gasteiger partial charge in [0.05, 0.1) is 45.7 Å². The van der Waals surface area contributed by atoms with Gasteiger partial charge in [0.15, 0.2) is 0 Å². The SMILES string of the molecule is N#Cc1ccc(-c2cc(-c3ccc(-c4ccccc4)cc3)nc3c2cc(-c2ccc(-c4ccccc4)cc2)c2ccccc23)cc1.N#Cc1ccccc1-c1cc(-c2ccc(-c3ccccc3)cc2)nc2c1cc(-c1ccc(-c3ccccc3)cc1)c1ccccc12. The zero-order valence-electron chi connectivity index (χ0n) is 50.1. The van der Waals surface area contributed by atoms with Gasteiger partial charge in [-0.05, 0) is 137 Å². The zero-order valence-corrected chi connectivity index (χ0v) is 50.1. The molecule has 14 aromatic carbocycles. The number of rotatable bonds is 10. The lowest BCUT2D eigenvalue weighted by molar-refractivity contribution is 1.40. The Labute approximate surface area is 535 Å². The molecule has 0 radical (unpaired) electrons. The van der Waals surface area contributed by atoms with Gasteiger partial charge >= 0.3 is 0 Å². The average Bonchev–Trinajstić information content (AvgIpc) is 0.775. The molecule has 0 fully saturated rings. The maximum atomic E-state index is 10.1. The van der Waals surface area contributed by atoms with Gasteiger partial charge in [-0.15, -0.1) is 0 Å². The fourth-order valence-electron chi connectivity index (χ4n) is 12.8. The lowest BCUT2D eigenvalue weighted by Crippen LogP contribution is -1.94. The van der Waals surface area contributed by atoms with Crippen LogP contribution in [-0.2, 0) is 0 Å². The summed E-state index contributed by atoms with van der Waals surface area (Å²) in [4.78, 5) is 10.7. The quantitative estimate of drug-likeness (QED) is 0.128. The van der Waals surface area contributed by atoms with Crippen molar-refractivity contribution in [3.63, 3.8) is 0 Å². The van der Waals surface area contributed by atoms with E-state index >= 15 is 0 Å². The molecule has 92 heavy (non-hydrogen) atoms. The number of fused-ring (bicyclic) bond motifs is 6. The highest BCUT2D eigenvalue weighted by Crippen LogP contribution is 2.44. The lowest BCUT2D eigenvalue weighted by Gasteiger charge is -2.16. The van der Waals surface area contributed by atoms with Crippen LogP contribution in [0.3, 0.4) is 0 Å². The molecule has 428 valence electrons. The molecule has 0 saturated heterocycles. The number of pyridine rings is 2. The molecule has 0 aliphatic heterocycles. The largest absolute Gasteiger partial charge is 0.247 e. The Morgan fingerprint density at radius 1 is 0.196 bits per heavy atom. The van der Waals surface area contributed by atoms with Crippen molar-refractivity contribution in [2.24, 2.45) is 0 Å². The molecular weight excluding hydrogens is 1110 g/mol. The maximum Gasteiger partial charge on any atom is 0.0998 e. The van der Waals surface area contributed by atoms with E-state index in [4.69, 9.17) is 9.97 Å².